The first kappa shape index (κ1) is 18.6. The molecule has 0 bridgehead atoms. The van der Waals surface area contributed by atoms with E-state index in [2.05, 4.69) is 10.3 Å². The minimum absolute atomic E-state index is 0.304. The number of aromatic nitrogens is 1. The first-order valence-corrected chi connectivity index (χ1v) is 10.3. The summed E-state index contributed by atoms with van der Waals surface area (Å²) < 4.78 is 24.6. The first-order valence-electron chi connectivity index (χ1n) is 8.71. The Labute approximate surface area is 153 Å². The Morgan fingerprint density at radius 3 is 2.35 bits per heavy atom. The summed E-state index contributed by atoms with van der Waals surface area (Å²) in [5, 5.41) is 4.33. The smallest absolute Gasteiger partial charge is 0.357 e. The molecule has 1 unspecified atom stereocenters. The predicted molar refractivity (Wildman–Crippen MR) is 105 cm³/mol. The number of rotatable bonds is 8. The summed E-state index contributed by atoms with van der Waals surface area (Å²) >= 11 is 0. The Morgan fingerprint density at radius 1 is 1.00 bits per heavy atom. The number of para-hydroxylation sites is 1. The fourth-order valence-electron chi connectivity index (χ4n) is 2.83. The van der Waals surface area contributed by atoms with E-state index < -0.39 is 13.4 Å². The van der Waals surface area contributed by atoms with E-state index in [0.29, 0.717) is 13.2 Å². The maximum atomic E-state index is 13.5. The molecule has 0 spiro atoms. The summed E-state index contributed by atoms with van der Waals surface area (Å²) in [7, 11) is -3.42. The van der Waals surface area contributed by atoms with Crippen molar-refractivity contribution in [2.45, 2.75) is 19.6 Å². The highest BCUT2D eigenvalue weighted by Gasteiger charge is 2.37. The van der Waals surface area contributed by atoms with E-state index in [1.165, 1.54) is 0 Å². The second kappa shape index (κ2) is 8.45. The zero-order chi connectivity index (χ0) is 18.4. The van der Waals surface area contributed by atoms with Crippen molar-refractivity contribution in [1.29, 1.82) is 0 Å². The van der Waals surface area contributed by atoms with Crippen molar-refractivity contribution in [3.63, 3.8) is 0 Å². The van der Waals surface area contributed by atoms with Crippen LogP contribution in [0.2, 0.25) is 0 Å². The molecule has 6 heteroatoms. The van der Waals surface area contributed by atoms with E-state index >= 15 is 0 Å². The van der Waals surface area contributed by atoms with Gasteiger partial charge in [-0.1, -0.05) is 48.5 Å². The van der Waals surface area contributed by atoms with Gasteiger partial charge in [0.25, 0.3) is 0 Å². The Balaban J connectivity index is 2.00. The summed E-state index contributed by atoms with van der Waals surface area (Å²) in [6, 6.07) is 19.4. The van der Waals surface area contributed by atoms with Gasteiger partial charge in [0.15, 0.2) is 5.78 Å². The molecule has 1 heterocycles. The van der Waals surface area contributed by atoms with Crippen molar-refractivity contribution in [2.75, 3.05) is 18.5 Å². The van der Waals surface area contributed by atoms with Gasteiger partial charge in [0.05, 0.1) is 30.6 Å². The predicted octanol–water partition coefficient (Wildman–Crippen LogP) is 5.61. The van der Waals surface area contributed by atoms with Crippen molar-refractivity contribution >= 4 is 24.2 Å². The van der Waals surface area contributed by atoms with Crippen LogP contribution in [0.3, 0.4) is 0 Å². The number of benzene rings is 2. The van der Waals surface area contributed by atoms with Gasteiger partial charge < -0.3 is 14.4 Å². The molecule has 3 rings (SSSR count). The standard InChI is InChI=1S/C20H23N2O3P/c1-3-24-26(23,25-4-2)20(16-10-6-5-7-11-16)22-18-14-17-12-8-9-13-19(17)21-15-18/h5-15,20,22H,3-4H2,1-2H3. The quantitative estimate of drug-likeness (QED) is 0.522. The molecule has 3 aromatic rings. The van der Waals surface area contributed by atoms with E-state index in [-0.39, 0.29) is 0 Å². The van der Waals surface area contributed by atoms with Gasteiger partial charge in [0, 0.05) is 5.39 Å². The molecule has 0 aliphatic rings. The molecule has 5 nitrogen and oxygen atoms in total. The number of pyridine rings is 1. The summed E-state index contributed by atoms with van der Waals surface area (Å²) in [6.07, 6.45) is 1.74. The van der Waals surface area contributed by atoms with Gasteiger partial charge in [-0.3, -0.25) is 9.55 Å². The van der Waals surface area contributed by atoms with Crippen LogP contribution in [0.15, 0.2) is 66.9 Å². The summed E-state index contributed by atoms with van der Waals surface area (Å²) in [5.41, 5.74) is 2.51. The van der Waals surface area contributed by atoms with Crippen LogP contribution in [0.5, 0.6) is 0 Å². The highest BCUT2D eigenvalue weighted by atomic mass is 31.2. The second-order valence-corrected chi connectivity index (χ2v) is 7.86. The van der Waals surface area contributed by atoms with Gasteiger partial charge >= 0.3 is 7.60 Å². The van der Waals surface area contributed by atoms with Crippen LogP contribution in [-0.2, 0) is 13.6 Å². The molecule has 2 aromatic carbocycles. The second-order valence-electron chi connectivity index (χ2n) is 5.75. The van der Waals surface area contributed by atoms with Gasteiger partial charge in [-0.15, -0.1) is 0 Å². The van der Waals surface area contributed by atoms with Crippen molar-refractivity contribution in [1.82, 2.24) is 4.98 Å². The van der Waals surface area contributed by atoms with E-state index in [1.54, 1.807) is 6.20 Å². The fourth-order valence-corrected chi connectivity index (χ4v) is 4.77. The minimum Gasteiger partial charge on any atom is -0.367 e. The maximum Gasteiger partial charge on any atom is 0.357 e. The Hall–Kier alpha value is -2.20. The molecule has 0 fully saturated rings. The van der Waals surface area contributed by atoms with Gasteiger partial charge in [-0.25, -0.2) is 0 Å². The average Bonchev–Trinajstić information content (AvgIpc) is 2.67. The SMILES string of the molecule is CCOP(=O)(OCC)C(Nc1cnc2ccccc2c1)c1ccccc1. The van der Waals surface area contributed by atoms with Gasteiger partial charge in [0.2, 0.25) is 0 Å². The molecule has 1 aromatic heterocycles. The normalized spacial score (nSPS) is 12.8. The van der Waals surface area contributed by atoms with Crippen molar-refractivity contribution in [2.24, 2.45) is 0 Å². The lowest BCUT2D eigenvalue weighted by Gasteiger charge is -2.28. The molecule has 0 amide bonds. The third-order valence-electron chi connectivity index (χ3n) is 3.94. The van der Waals surface area contributed by atoms with Gasteiger partial charge in [-0.05, 0) is 31.5 Å². The molecular formula is C20H23N2O3P. The largest absolute Gasteiger partial charge is 0.367 e. The third-order valence-corrected chi connectivity index (χ3v) is 6.24. The zero-order valence-corrected chi connectivity index (χ0v) is 15.9. The molecule has 0 saturated heterocycles. The lowest BCUT2D eigenvalue weighted by Crippen LogP contribution is -2.15. The topological polar surface area (TPSA) is 60.5 Å². The first-order chi connectivity index (χ1) is 12.7. The molecule has 0 aliphatic heterocycles. The van der Waals surface area contributed by atoms with Crippen molar-refractivity contribution < 1.29 is 13.6 Å². The Bertz CT molecular complexity index is 892. The maximum absolute atomic E-state index is 13.5. The lowest BCUT2D eigenvalue weighted by molar-refractivity contribution is 0.214. The molecule has 26 heavy (non-hydrogen) atoms. The molecule has 0 saturated carbocycles. The van der Waals surface area contributed by atoms with E-state index in [4.69, 9.17) is 9.05 Å². The monoisotopic (exact) mass is 370 g/mol. The van der Waals surface area contributed by atoms with Crippen LogP contribution in [0.4, 0.5) is 5.69 Å². The van der Waals surface area contributed by atoms with Crippen LogP contribution in [0.25, 0.3) is 10.9 Å². The van der Waals surface area contributed by atoms with Crippen LogP contribution in [-0.4, -0.2) is 18.2 Å². The van der Waals surface area contributed by atoms with Crippen LogP contribution >= 0.6 is 7.60 Å². The third kappa shape index (κ3) is 4.13. The number of fused-ring (bicyclic) bond motifs is 1. The van der Waals surface area contributed by atoms with Crippen LogP contribution < -0.4 is 5.32 Å². The lowest BCUT2D eigenvalue weighted by atomic mass is 10.2. The molecule has 1 N–H and O–H groups in total. The number of hydrogen-bond acceptors (Lipinski definition) is 5. The average molecular weight is 370 g/mol. The van der Waals surface area contributed by atoms with E-state index in [0.717, 1.165) is 22.2 Å². The zero-order valence-electron chi connectivity index (χ0n) is 15.0. The number of nitrogens with zero attached hydrogens (tertiary/aromatic N) is 1. The van der Waals surface area contributed by atoms with Crippen LogP contribution in [0.1, 0.15) is 25.2 Å². The van der Waals surface area contributed by atoms with Gasteiger partial charge in [0.1, 0.15) is 0 Å². The molecule has 1 atom stereocenters. The van der Waals surface area contributed by atoms with E-state index in [1.807, 2.05) is 74.5 Å². The Morgan fingerprint density at radius 2 is 1.65 bits per heavy atom. The molecule has 0 aliphatic carbocycles. The number of nitrogens with one attached hydrogen (secondary N) is 1. The van der Waals surface area contributed by atoms with Gasteiger partial charge in [-0.2, -0.15) is 0 Å². The molecule has 136 valence electrons. The van der Waals surface area contributed by atoms with Crippen LogP contribution in [0, 0.1) is 0 Å². The minimum atomic E-state index is -3.42. The Kier molecular flexibility index (Phi) is 6.04. The fraction of sp³-hybridized carbons (Fsp3) is 0.250. The summed E-state index contributed by atoms with van der Waals surface area (Å²) in [6.45, 7) is 4.23. The summed E-state index contributed by atoms with van der Waals surface area (Å²) in [4.78, 5) is 4.47. The van der Waals surface area contributed by atoms with E-state index in [9.17, 15) is 4.57 Å². The number of hydrogen-bond donors (Lipinski definition) is 1. The molecule has 0 radical (unpaired) electrons. The summed E-state index contributed by atoms with van der Waals surface area (Å²) in [5.74, 6) is -0.619. The van der Waals surface area contributed by atoms with Crippen molar-refractivity contribution in [3.05, 3.63) is 72.4 Å². The number of anilines is 1. The van der Waals surface area contributed by atoms with Crippen molar-refractivity contribution in [3.8, 4) is 0 Å². The highest BCUT2D eigenvalue weighted by molar-refractivity contribution is 7.54. The highest BCUT2D eigenvalue weighted by Crippen LogP contribution is 2.60. The molecular weight excluding hydrogens is 347 g/mol.